The highest BCUT2D eigenvalue weighted by Crippen LogP contribution is 2.23. The highest BCUT2D eigenvalue weighted by molar-refractivity contribution is 5.93. The molecule has 0 saturated carbocycles. The van der Waals surface area contributed by atoms with Gasteiger partial charge in [-0.05, 0) is 33.5 Å². The van der Waals surface area contributed by atoms with Crippen LogP contribution in [0.5, 0.6) is 0 Å². The molecule has 1 aromatic rings. The zero-order chi connectivity index (χ0) is 14.9. The number of hydrogen-bond donors (Lipinski definition) is 3. The first-order valence-electron chi connectivity index (χ1n) is 6.66. The molecule has 2 rings (SSSR count). The lowest BCUT2D eigenvalue weighted by Crippen LogP contribution is -2.39. The van der Waals surface area contributed by atoms with Gasteiger partial charge < -0.3 is 20.6 Å². The van der Waals surface area contributed by atoms with Crippen molar-refractivity contribution in [2.45, 2.75) is 25.5 Å². The Kier molecular flexibility index (Phi) is 4.20. The smallest absolute Gasteiger partial charge is 0.226 e. The number of aryl methyl sites for hydroxylation is 1. The number of nitrogens with one attached hydrogen (secondary N) is 1. The van der Waals surface area contributed by atoms with Crippen LogP contribution in [0, 0.1) is 12.3 Å². The van der Waals surface area contributed by atoms with Gasteiger partial charge in [0.1, 0.15) is 11.5 Å². The molecule has 0 aliphatic carbocycles. The minimum absolute atomic E-state index is 0.0688. The van der Waals surface area contributed by atoms with Crippen LogP contribution >= 0.6 is 0 Å². The van der Waals surface area contributed by atoms with Gasteiger partial charge in [-0.1, -0.05) is 0 Å². The van der Waals surface area contributed by atoms with Gasteiger partial charge in [0.2, 0.25) is 5.95 Å². The van der Waals surface area contributed by atoms with Crippen LogP contribution in [-0.4, -0.2) is 65.1 Å². The third kappa shape index (κ3) is 3.23. The zero-order valence-electron chi connectivity index (χ0n) is 12.2. The SMILES string of the molecule is Cc1cc(C(=N)N)nc(N2CC(O)CC2CN(C)C)n1. The molecule has 2 heterocycles. The average Bonchev–Trinajstić information content (AvgIpc) is 2.68. The van der Waals surface area contributed by atoms with E-state index in [2.05, 4.69) is 14.9 Å². The molecule has 0 spiro atoms. The molecule has 110 valence electrons. The molecular formula is C13H22N6O. The highest BCUT2D eigenvalue weighted by Gasteiger charge is 2.33. The number of aliphatic hydroxyl groups is 1. The first-order chi connectivity index (χ1) is 9.36. The summed E-state index contributed by atoms with van der Waals surface area (Å²) in [7, 11) is 4.00. The van der Waals surface area contributed by atoms with Crippen molar-refractivity contribution in [3.63, 3.8) is 0 Å². The van der Waals surface area contributed by atoms with Gasteiger partial charge in [0.05, 0.1) is 6.10 Å². The summed E-state index contributed by atoms with van der Waals surface area (Å²) < 4.78 is 0. The maximum absolute atomic E-state index is 9.91. The van der Waals surface area contributed by atoms with Crippen molar-refractivity contribution in [2.75, 3.05) is 32.1 Å². The van der Waals surface area contributed by atoms with E-state index >= 15 is 0 Å². The first-order valence-corrected chi connectivity index (χ1v) is 6.66. The van der Waals surface area contributed by atoms with Crippen LogP contribution < -0.4 is 10.6 Å². The number of nitrogen functional groups attached to an aromatic ring is 1. The predicted molar refractivity (Wildman–Crippen MR) is 78.1 cm³/mol. The van der Waals surface area contributed by atoms with E-state index in [1.54, 1.807) is 6.07 Å². The zero-order valence-corrected chi connectivity index (χ0v) is 12.2. The van der Waals surface area contributed by atoms with E-state index < -0.39 is 0 Å². The van der Waals surface area contributed by atoms with E-state index in [9.17, 15) is 5.11 Å². The number of nitrogens with two attached hydrogens (primary N) is 1. The van der Waals surface area contributed by atoms with Crippen molar-refractivity contribution in [3.8, 4) is 0 Å². The Bertz CT molecular complexity index is 504. The van der Waals surface area contributed by atoms with E-state index in [0.717, 1.165) is 12.2 Å². The summed E-state index contributed by atoms with van der Waals surface area (Å²) in [5.41, 5.74) is 6.71. The molecular weight excluding hydrogens is 256 g/mol. The quantitative estimate of drug-likeness (QED) is 0.510. The molecule has 1 fully saturated rings. The molecule has 2 unspecified atom stereocenters. The number of anilines is 1. The Morgan fingerprint density at radius 2 is 2.25 bits per heavy atom. The molecule has 1 aliphatic rings. The van der Waals surface area contributed by atoms with Crippen LogP contribution in [0.3, 0.4) is 0 Å². The third-order valence-corrected chi connectivity index (χ3v) is 3.34. The third-order valence-electron chi connectivity index (χ3n) is 3.34. The molecule has 0 amide bonds. The molecule has 1 aromatic heterocycles. The molecule has 0 radical (unpaired) electrons. The standard InChI is InChI=1S/C13H22N6O/c1-8-4-11(12(14)15)17-13(16-8)19-7-10(20)5-9(19)6-18(2)3/h4,9-10,20H,5-7H2,1-3H3,(H3,14,15). The minimum atomic E-state index is -0.371. The average molecular weight is 278 g/mol. The summed E-state index contributed by atoms with van der Waals surface area (Å²) in [6.07, 6.45) is 0.329. The van der Waals surface area contributed by atoms with Crippen LogP contribution in [-0.2, 0) is 0 Å². The predicted octanol–water partition coefficient (Wildman–Crippen LogP) is -0.430. The van der Waals surface area contributed by atoms with Crippen molar-refractivity contribution >= 4 is 11.8 Å². The Balaban J connectivity index is 2.31. The van der Waals surface area contributed by atoms with Crippen LogP contribution in [0.25, 0.3) is 0 Å². The topological polar surface area (TPSA) is 102 Å². The Labute approximate surface area is 118 Å². The number of β-amino-alcohol motifs (C(OH)–C–C–N with tert-alkyl or cyclic N) is 1. The summed E-state index contributed by atoms with van der Waals surface area (Å²) >= 11 is 0. The van der Waals surface area contributed by atoms with Crippen LogP contribution in [0.4, 0.5) is 5.95 Å². The fourth-order valence-corrected chi connectivity index (χ4v) is 2.55. The molecule has 20 heavy (non-hydrogen) atoms. The molecule has 7 heteroatoms. The maximum Gasteiger partial charge on any atom is 0.226 e. The van der Waals surface area contributed by atoms with E-state index in [1.165, 1.54) is 0 Å². The Hall–Kier alpha value is -1.73. The lowest BCUT2D eigenvalue weighted by molar-refractivity contribution is 0.191. The van der Waals surface area contributed by atoms with Crippen LogP contribution in [0.1, 0.15) is 17.8 Å². The number of aliphatic hydroxyl groups excluding tert-OH is 1. The summed E-state index contributed by atoms with van der Waals surface area (Å²) in [5, 5.41) is 17.4. The van der Waals surface area contributed by atoms with Gasteiger partial charge in [0.15, 0.2) is 0 Å². The lowest BCUT2D eigenvalue weighted by atomic mass is 10.2. The fraction of sp³-hybridized carbons (Fsp3) is 0.615. The van der Waals surface area contributed by atoms with Gasteiger partial charge in [0, 0.05) is 24.8 Å². The number of amidine groups is 1. The number of rotatable bonds is 4. The largest absolute Gasteiger partial charge is 0.391 e. The summed E-state index contributed by atoms with van der Waals surface area (Å²) in [4.78, 5) is 12.9. The fourth-order valence-electron chi connectivity index (χ4n) is 2.55. The van der Waals surface area contributed by atoms with Crippen molar-refractivity contribution in [2.24, 2.45) is 5.73 Å². The highest BCUT2D eigenvalue weighted by atomic mass is 16.3. The number of nitrogens with zero attached hydrogens (tertiary/aromatic N) is 4. The molecule has 4 N–H and O–H groups in total. The van der Waals surface area contributed by atoms with Gasteiger partial charge in [-0.3, -0.25) is 5.41 Å². The van der Waals surface area contributed by atoms with E-state index in [4.69, 9.17) is 11.1 Å². The minimum Gasteiger partial charge on any atom is -0.391 e. The second-order valence-corrected chi connectivity index (χ2v) is 5.57. The van der Waals surface area contributed by atoms with Crippen molar-refractivity contribution < 1.29 is 5.11 Å². The second kappa shape index (κ2) is 5.72. The van der Waals surface area contributed by atoms with Crippen molar-refractivity contribution in [1.29, 1.82) is 5.41 Å². The van der Waals surface area contributed by atoms with E-state index in [0.29, 0.717) is 24.6 Å². The summed E-state index contributed by atoms with van der Waals surface area (Å²) in [6.45, 7) is 3.19. The van der Waals surface area contributed by atoms with E-state index in [-0.39, 0.29) is 18.0 Å². The molecule has 0 aromatic carbocycles. The number of likely N-dealkylation sites (N-methyl/N-ethyl adjacent to an activating group) is 1. The normalized spacial score (nSPS) is 22.6. The molecule has 0 bridgehead atoms. The Morgan fingerprint density at radius 1 is 1.55 bits per heavy atom. The summed E-state index contributed by atoms with van der Waals surface area (Å²) in [5.74, 6) is 0.472. The molecule has 2 atom stereocenters. The maximum atomic E-state index is 9.91. The monoisotopic (exact) mass is 278 g/mol. The molecule has 1 aliphatic heterocycles. The molecule has 1 saturated heterocycles. The lowest BCUT2D eigenvalue weighted by Gasteiger charge is -2.27. The second-order valence-electron chi connectivity index (χ2n) is 5.57. The van der Waals surface area contributed by atoms with E-state index in [1.807, 2.05) is 25.9 Å². The van der Waals surface area contributed by atoms with Gasteiger partial charge in [0.25, 0.3) is 0 Å². The van der Waals surface area contributed by atoms with Gasteiger partial charge >= 0.3 is 0 Å². The van der Waals surface area contributed by atoms with Crippen LogP contribution in [0.15, 0.2) is 6.07 Å². The van der Waals surface area contributed by atoms with Gasteiger partial charge in [-0.25, -0.2) is 9.97 Å². The van der Waals surface area contributed by atoms with Crippen molar-refractivity contribution in [1.82, 2.24) is 14.9 Å². The number of aromatic nitrogens is 2. The Morgan fingerprint density at radius 3 is 2.85 bits per heavy atom. The molecule has 7 nitrogen and oxygen atoms in total. The van der Waals surface area contributed by atoms with Gasteiger partial charge in [-0.15, -0.1) is 0 Å². The number of hydrogen-bond acceptors (Lipinski definition) is 6. The van der Waals surface area contributed by atoms with Crippen molar-refractivity contribution in [3.05, 3.63) is 17.5 Å². The van der Waals surface area contributed by atoms with Gasteiger partial charge in [-0.2, -0.15) is 0 Å². The van der Waals surface area contributed by atoms with Crippen LogP contribution in [0.2, 0.25) is 0 Å². The summed E-state index contributed by atoms with van der Waals surface area (Å²) in [6, 6.07) is 1.86. The first kappa shape index (κ1) is 14.7.